The molecule has 0 amide bonds. The van der Waals surface area contributed by atoms with E-state index >= 15 is 0 Å². The van der Waals surface area contributed by atoms with Gasteiger partial charge < -0.3 is 0 Å². The molecule has 2 nitrogen and oxygen atoms in total. The van der Waals surface area contributed by atoms with Crippen LogP contribution >= 0.6 is 0 Å². The highest BCUT2D eigenvalue weighted by Crippen LogP contribution is 2.33. The number of pyridine rings is 1. The minimum absolute atomic E-state index is 0.994. The second-order valence-corrected chi connectivity index (χ2v) is 13.7. The molecule has 1 aliphatic heterocycles. The summed E-state index contributed by atoms with van der Waals surface area (Å²) in [4.78, 5) is 4.84. The highest BCUT2D eigenvalue weighted by Gasteiger charge is 2.48. The molecule has 0 unspecified atom stereocenters. The van der Waals surface area contributed by atoms with E-state index in [0.717, 1.165) is 11.3 Å². The third-order valence-corrected chi connectivity index (χ3v) is 13.0. The first-order valence-corrected chi connectivity index (χ1v) is 15.1. The Morgan fingerprint density at radius 1 is 0.500 bits per heavy atom. The molecular formula is C35H24N2Si. The second-order valence-electron chi connectivity index (χ2n) is 9.98. The van der Waals surface area contributed by atoms with Crippen LogP contribution in [0, 0.1) is 0 Å². The lowest BCUT2D eigenvalue weighted by Crippen LogP contribution is -2.72. The van der Waals surface area contributed by atoms with Crippen LogP contribution in [0.15, 0.2) is 146 Å². The zero-order valence-electron chi connectivity index (χ0n) is 20.8. The summed E-state index contributed by atoms with van der Waals surface area (Å²) in [5.41, 5.74) is 6.05. The van der Waals surface area contributed by atoms with Crippen molar-refractivity contribution in [1.29, 1.82) is 0 Å². The second kappa shape index (κ2) is 8.14. The Morgan fingerprint density at radius 2 is 1.13 bits per heavy atom. The Morgan fingerprint density at radius 3 is 1.84 bits per heavy atom. The molecule has 0 saturated heterocycles. The standard InChI is InChI=1S/C35H24N2Si/c1-3-12-25(13-4-1)37-32-22-21-27(24-31(32)30-18-11-23-36-35(30)37)38(26-14-5-2-6-15-26)33-19-9-7-16-28(33)29-17-8-10-20-34(29)38/h1-24H. The Hall–Kier alpha value is -4.73. The average Bonchev–Trinajstić information content (AvgIpc) is 3.49. The lowest BCUT2D eigenvalue weighted by molar-refractivity contribution is 1.14. The molecule has 0 saturated carbocycles. The number of fused-ring (bicyclic) bond motifs is 6. The van der Waals surface area contributed by atoms with E-state index in [1.807, 2.05) is 12.3 Å². The maximum atomic E-state index is 4.84. The van der Waals surface area contributed by atoms with Gasteiger partial charge in [0.2, 0.25) is 0 Å². The highest BCUT2D eigenvalue weighted by molar-refractivity contribution is 7.22. The third kappa shape index (κ3) is 2.79. The van der Waals surface area contributed by atoms with E-state index in [4.69, 9.17) is 4.98 Å². The number of para-hydroxylation sites is 1. The summed E-state index contributed by atoms with van der Waals surface area (Å²) in [5.74, 6) is 0. The van der Waals surface area contributed by atoms with E-state index in [0.29, 0.717) is 0 Å². The van der Waals surface area contributed by atoms with Gasteiger partial charge in [-0.15, -0.1) is 0 Å². The van der Waals surface area contributed by atoms with Gasteiger partial charge in [0.1, 0.15) is 5.65 Å². The van der Waals surface area contributed by atoms with Gasteiger partial charge in [0, 0.05) is 22.7 Å². The van der Waals surface area contributed by atoms with Gasteiger partial charge >= 0.3 is 0 Å². The molecule has 7 aromatic rings. The van der Waals surface area contributed by atoms with Crippen molar-refractivity contribution in [3.63, 3.8) is 0 Å². The van der Waals surface area contributed by atoms with Crippen LogP contribution in [0.4, 0.5) is 0 Å². The van der Waals surface area contributed by atoms with Crippen LogP contribution in [0.2, 0.25) is 0 Å². The number of aromatic nitrogens is 2. The van der Waals surface area contributed by atoms with Crippen molar-refractivity contribution in [3.8, 4) is 16.8 Å². The smallest absolute Gasteiger partial charge is 0.180 e. The predicted molar refractivity (Wildman–Crippen MR) is 161 cm³/mol. The van der Waals surface area contributed by atoms with E-state index in [-0.39, 0.29) is 0 Å². The number of benzene rings is 5. The van der Waals surface area contributed by atoms with Gasteiger partial charge in [-0.05, 0) is 62.2 Å². The van der Waals surface area contributed by atoms with Crippen LogP contribution in [0.3, 0.4) is 0 Å². The first-order valence-electron chi connectivity index (χ1n) is 13.1. The van der Waals surface area contributed by atoms with Crippen molar-refractivity contribution >= 4 is 50.8 Å². The molecule has 1 aliphatic rings. The lowest BCUT2D eigenvalue weighted by Gasteiger charge is -2.31. The highest BCUT2D eigenvalue weighted by atomic mass is 28.3. The van der Waals surface area contributed by atoms with Crippen molar-refractivity contribution < 1.29 is 0 Å². The Labute approximate surface area is 222 Å². The molecule has 3 heterocycles. The van der Waals surface area contributed by atoms with Crippen LogP contribution in [0.5, 0.6) is 0 Å². The molecule has 0 atom stereocenters. The van der Waals surface area contributed by atoms with Gasteiger partial charge in [0.25, 0.3) is 0 Å². The fourth-order valence-corrected chi connectivity index (χ4v) is 11.8. The van der Waals surface area contributed by atoms with E-state index in [2.05, 4.69) is 138 Å². The van der Waals surface area contributed by atoms with E-state index in [1.54, 1.807) is 0 Å². The SMILES string of the molecule is c1ccc(-n2c3ccc([Si]4(c5ccccc5)c5ccccc5-c5ccccc54)cc3c3cccnc32)cc1. The minimum Gasteiger partial charge on any atom is -0.294 e. The van der Waals surface area contributed by atoms with Crippen molar-refractivity contribution in [3.05, 3.63) is 146 Å². The zero-order chi connectivity index (χ0) is 25.1. The molecule has 0 radical (unpaired) electrons. The predicted octanol–water partition coefficient (Wildman–Crippen LogP) is 5.54. The summed E-state index contributed by atoms with van der Waals surface area (Å²) in [6.07, 6.45) is 1.89. The number of hydrogen-bond acceptors (Lipinski definition) is 1. The normalized spacial score (nSPS) is 13.5. The zero-order valence-corrected chi connectivity index (χ0v) is 21.8. The molecule has 0 spiro atoms. The summed E-state index contributed by atoms with van der Waals surface area (Å²) >= 11 is 0. The van der Waals surface area contributed by atoms with Gasteiger partial charge in [-0.25, -0.2) is 4.98 Å². The molecule has 0 fully saturated rings. The topological polar surface area (TPSA) is 17.8 Å². The molecule has 0 bridgehead atoms. The van der Waals surface area contributed by atoms with Gasteiger partial charge in [-0.2, -0.15) is 0 Å². The van der Waals surface area contributed by atoms with Crippen LogP contribution in [0.1, 0.15) is 0 Å². The molecule has 3 heteroatoms. The number of nitrogens with zero attached hydrogens (tertiary/aromatic N) is 2. The summed E-state index contributed by atoms with van der Waals surface area (Å²) < 4.78 is 2.29. The average molecular weight is 501 g/mol. The first kappa shape index (κ1) is 21.4. The first-order chi connectivity index (χ1) is 18.9. The van der Waals surface area contributed by atoms with Crippen LogP contribution in [-0.2, 0) is 0 Å². The van der Waals surface area contributed by atoms with Crippen molar-refractivity contribution in [2.24, 2.45) is 0 Å². The summed E-state index contributed by atoms with van der Waals surface area (Å²) in [6.45, 7) is 0. The fourth-order valence-electron chi connectivity index (χ4n) is 6.63. The van der Waals surface area contributed by atoms with E-state index in [9.17, 15) is 0 Å². The third-order valence-electron chi connectivity index (χ3n) is 8.13. The van der Waals surface area contributed by atoms with Gasteiger partial charge in [-0.1, -0.05) is 109 Å². The van der Waals surface area contributed by atoms with Crippen LogP contribution in [-0.4, -0.2) is 17.6 Å². The van der Waals surface area contributed by atoms with Crippen molar-refractivity contribution in [2.45, 2.75) is 0 Å². The molecule has 0 aliphatic carbocycles. The molecule has 38 heavy (non-hydrogen) atoms. The fraction of sp³-hybridized carbons (Fsp3) is 0. The van der Waals surface area contributed by atoms with Crippen molar-refractivity contribution in [1.82, 2.24) is 9.55 Å². The van der Waals surface area contributed by atoms with Crippen molar-refractivity contribution in [2.75, 3.05) is 0 Å². The summed E-state index contributed by atoms with van der Waals surface area (Å²) in [7, 11) is -2.53. The molecule has 5 aromatic carbocycles. The maximum Gasteiger partial charge on any atom is 0.180 e. The Kier molecular flexibility index (Phi) is 4.57. The number of rotatable bonds is 3. The maximum absolute atomic E-state index is 4.84. The molecule has 178 valence electrons. The monoisotopic (exact) mass is 500 g/mol. The molecule has 2 aromatic heterocycles. The van der Waals surface area contributed by atoms with Gasteiger partial charge in [0.05, 0.1) is 5.52 Å². The Bertz CT molecular complexity index is 1930. The number of hydrogen-bond donors (Lipinski definition) is 0. The lowest BCUT2D eigenvalue weighted by atomic mass is 10.1. The van der Waals surface area contributed by atoms with E-state index in [1.165, 1.54) is 48.2 Å². The molecular weight excluding hydrogens is 476 g/mol. The van der Waals surface area contributed by atoms with E-state index < -0.39 is 8.07 Å². The van der Waals surface area contributed by atoms with Gasteiger partial charge in [-0.3, -0.25) is 4.57 Å². The summed E-state index contributed by atoms with van der Waals surface area (Å²) in [6, 6.07) is 51.3. The minimum atomic E-state index is -2.53. The van der Waals surface area contributed by atoms with Crippen LogP contribution in [0.25, 0.3) is 38.8 Å². The molecule has 8 rings (SSSR count). The van der Waals surface area contributed by atoms with Crippen LogP contribution < -0.4 is 20.7 Å². The summed E-state index contributed by atoms with van der Waals surface area (Å²) in [5, 5.41) is 8.20. The largest absolute Gasteiger partial charge is 0.294 e. The van der Waals surface area contributed by atoms with Gasteiger partial charge in [0.15, 0.2) is 8.07 Å². The molecule has 0 N–H and O–H groups in total. The quantitative estimate of drug-likeness (QED) is 0.292. The Balaban J connectivity index is 1.51.